The Morgan fingerprint density at radius 2 is 2.15 bits per heavy atom. The highest BCUT2D eigenvalue weighted by Gasteiger charge is 2.32. The second-order valence-electron chi connectivity index (χ2n) is 7.13. The molecule has 3 aromatic rings. The van der Waals surface area contributed by atoms with Crippen molar-refractivity contribution in [1.29, 1.82) is 0 Å². The first-order chi connectivity index (χ1) is 13.1. The highest BCUT2D eigenvalue weighted by molar-refractivity contribution is 5.46. The van der Waals surface area contributed by atoms with Crippen LogP contribution in [0.5, 0.6) is 5.75 Å². The number of hydrogen-bond donors (Lipinski definition) is 1. The third-order valence-electron chi connectivity index (χ3n) is 5.00. The first kappa shape index (κ1) is 17.8. The van der Waals surface area contributed by atoms with Crippen molar-refractivity contribution in [1.82, 2.24) is 19.8 Å². The molecule has 0 spiro atoms. The minimum atomic E-state index is -0.361. The lowest BCUT2D eigenvalue weighted by Crippen LogP contribution is -2.21. The fourth-order valence-corrected chi connectivity index (χ4v) is 3.69. The summed E-state index contributed by atoms with van der Waals surface area (Å²) >= 11 is 0. The number of aliphatic hydroxyl groups excluding tert-OH is 1. The van der Waals surface area contributed by atoms with Crippen LogP contribution in [-0.2, 0) is 13.0 Å². The van der Waals surface area contributed by atoms with Gasteiger partial charge >= 0.3 is 0 Å². The van der Waals surface area contributed by atoms with Gasteiger partial charge in [-0.2, -0.15) is 5.10 Å². The molecule has 27 heavy (non-hydrogen) atoms. The summed E-state index contributed by atoms with van der Waals surface area (Å²) in [4.78, 5) is 2.25. The Morgan fingerprint density at radius 3 is 2.93 bits per heavy atom. The van der Waals surface area contributed by atoms with Crippen molar-refractivity contribution in [2.24, 2.45) is 5.92 Å². The first-order valence-electron chi connectivity index (χ1n) is 9.12. The maximum absolute atomic E-state index is 10.4. The Labute approximate surface area is 158 Å². The van der Waals surface area contributed by atoms with Crippen LogP contribution in [0.15, 0.2) is 47.2 Å². The predicted molar refractivity (Wildman–Crippen MR) is 99.8 cm³/mol. The zero-order chi connectivity index (χ0) is 18.8. The number of nitrogens with zero attached hydrogens (tertiary/aromatic N) is 4. The summed E-state index contributed by atoms with van der Waals surface area (Å²) < 4.78 is 12.5. The van der Waals surface area contributed by atoms with E-state index >= 15 is 0 Å². The number of β-amino-alcohol motifs (C(OH)–C–C–N with tert-alkyl or cyclic N) is 1. The van der Waals surface area contributed by atoms with Gasteiger partial charge in [-0.1, -0.05) is 17.3 Å². The largest absolute Gasteiger partial charge is 0.494 e. The second kappa shape index (κ2) is 7.54. The summed E-state index contributed by atoms with van der Waals surface area (Å²) in [7, 11) is 1.66. The number of para-hydroxylation sites is 2. The van der Waals surface area contributed by atoms with Crippen molar-refractivity contribution >= 4 is 0 Å². The van der Waals surface area contributed by atoms with E-state index in [9.17, 15) is 5.11 Å². The molecule has 4 rings (SSSR count). The highest BCUT2D eigenvalue weighted by Crippen LogP contribution is 2.25. The molecule has 0 saturated carbocycles. The molecule has 0 amide bonds. The highest BCUT2D eigenvalue weighted by atomic mass is 16.5. The Kier molecular flexibility index (Phi) is 4.96. The number of aromatic nitrogens is 3. The molecule has 1 aliphatic rings. The predicted octanol–water partition coefficient (Wildman–Crippen LogP) is 2.21. The third-order valence-corrected chi connectivity index (χ3v) is 5.00. The van der Waals surface area contributed by atoms with Crippen LogP contribution in [0.2, 0.25) is 0 Å². The average molecular weight is 368 g/mol. The van der Waals surface area contributed by atoms with E-state index in [4.69, 9.17) is 9.26 Å². The van der Waals surface area contributed by atoms with E-state index < -0.39 is 0 Å². The van der Waals surface area contributed by atoms with Crippen LogP contribution in [-0.4, -0.2) is 51.2 Å². The van der Waals surface area contributed by atoms with Gasteiger partial charge in [0.2, 0.25) is 0 Å². The Bertz CT molecular complexity index is 904. The van der Waals surface area contributed by atoms with Crippen LogP contribution < -0.4 is 4.74 Å². The van der Waals surface area contributed by atoms with E-state index in [1.165, 1.54) is 0 Å². The molecule has 1 N–H and O–H groups in total. The maximum atomic E-state index is 10.4. The molecule has 0 radical (unpaired) electrons. The van der Waals surface area contributed by atoms with Gasteiger partial charge in [-0.3, -0.25) is 4.90 Å². The van der Waals surface area contributed by atoms with Crippen molar-refractivity contribution < 1.29 is 14.4 Å². The number of ether oxygens (including phenoxy) is 1. The molecule has 1 fully saturated rings. The monoisotopic (exact) mass is 368 g/mol. The zero-order valence-corrected chi connectivity index (χ0v) is 15.6. The summed E-state index contributed by atoms with van der Waals surface area (Å²) in [6, 6.07) is 9.74. The molecule has 2 aromatic heterocycles. The summed E-state index contributed by atoms with van der Waals surface area (Å²) in [6.07, 6.45) is 4.22. The Morgan fingerprint density at radius 1 is 1.30 bits per heavy atom. The van der Waals surface area contributed by atoms with E-state index in [0.717, 1.165) is 41.5 Å². The van der Waals surface area contributed by atoms with Gasteiger partial charge in [0.1, 0.15) is 17.2 Å². The van der Waals surface area contributed by atoms with Gasteiger partial charge in [0.25, 0.3) is 0 Å². The van der Waals surface area contributed by atoms with Gasteiger partial charge < -0.3 is 14.4 Å². The summed E-state index contributed by atoms with van der Waals surface area (Å²) in [5.41, 5.74) is 2.88. The molecular weight excluding hydrogens is 344 g/mol. The lowest BCUT2D eigenvalue weighted by atomic mass is 10.0. The number of aryl methyl sites for hydroxylation is 1. The normalized spacial score (nSPS) is 20.3. The first-order valence-corrected chi connectivity index (χ1v) is 9.12. The second-order valence-corrected chi connectivity index (χ2v) is 7.13. The van der Waals surface area contributed by atoms with Crippen LogP contribution in [0.4, 0.5) is 0 Å². The minimum absolute atomic E-state index is 0.154. The lowest BCUT2D eigenvalue weighted by Gasteiger charge is -2.13. The number of aliphatic hydroxyl groups is 1. The number of benzene rings is 1. The summed E-state index contributed by atoms with van der Waals surface area (Å²) in [6.45, 7) is 4.13. The van der Waals surface area contributed by atoms with E-state index in [1.54, 1.807) is 7.11 Å². The maximum Gasteiger partial charge on any atom is 0.144 e. The molecule has 7 heteroatoms. The van der Waals surface area contributed by atoms with Crippen LogP contribution in [0.25, 0.3) is 5.69 Å². The quantitative estimate of drug-likeness (QED) is 0.719. The minimum Gasteiger partial charge on any atom is -0.494 e. The van der Waals surface area contributed by atoms with Crippen LogP contribution in [0.1, 0.15) is 17.0 Å². The van der Waals surface area contributed by atoms with Crippen molar-refractivity contribution in [2.75, 3.05) is 20.2 Å². The fraction of sp³-hybridized carbons (Fsp3) is 0.400. The van der Waals surface area contributed by atoms with Crippen molar-refractivity contribution in [3.05, 3.63) is 59.7 Å². The number of hydrogen-bond acceptors (Lipinski definition) is 6. The fourth-order valence-electron chi connectivity index (χ4n) is 3.69. The van der Waals surface area contributed by atoms with Gasteiger partial charge in [-0.25, -0.2) is 4.68 Å². The third kappa shape index (κ3) is 3.89. The molecule has 1 saturated heterocycles. The standard InChI is InChI=1S/C20H24N4O3/c1-14-7-17(27-22-14)8-16-12-23(13-19(16)25)10-15-9-21-24(11-15)18-5-3-4-6-20(18)26-2/h3-7,9,11,16,19,25H,8,10,12-13H2,1-2H3/t16-,19+/m1/s1. The Hall–Kier alpha value is -2.64. The molecule has 142 valence electrons. The van der Waals surface area contributed by atoms with Gasteiger partial charge in [0.15, 0.2) is 0 Å². The molecule has 1 aliphatic heterocycles. The molecule has 0 aliphatic carbocycles. The van der Waals surface area contributed by atoms with Crippen molar-refractivity contribution in [2.45, 2.75) is 26.0 Å². The summed E-state index contributed by atoms with van der Waals surface area (Å²) in [5.74, 6) is 1.77. The molecule has 2 atom stereocenters. The van der Waals surface area contributed by atoms with Gasteiger partial charge in [-0.15, -0.1) is 0 Å². The van der Waals surface area contributed by atoms with Crippen LogP contribution in [0, 0.1) is 12.8 Å². The van der Waals surface area contributed by atoms with E-state index in [-0.39, 0.29) is 12.0 Å². The Balaban J connectivity index is 1.41. The zero-order valence-electron chi connectivity index (χ0n) is 15.6. The SMILES string of the molecule is COc1ccccc1-n1cc(CN2C[C@@H](Cc3cc(C)no3)[C@@H](O)C2)cn1. The molecular formula is C20H24N4O3. The van der Waals surface area contributed by atoms with Crippen molar-refractivity contribution in [3.8, 4) is 11.4 Å². The molecule has 7 nitrogen and oxygen atoms in total. The van der Waals surface area contributed by atoms with Crippen LogP contribution in [0.3, 0.4) is 0 Å². The summed E-state index contributed by atoms with van der Waals surface area (Å²) in [5, 5.41) is 18.8. The van der Waals surface area contributed by atoms with E-state index in [2.05, 4.69) is 15.2 Å². The average Bonchev–Trinajstić information content (AvgIpc) is 3.37. The molecule has 1 aromatic carbocycles. The molecule has 0 bridgehead atoms. The van der Waals surface area contributed by atoms with Crippen LogP contribution >= 0.6 is 0 Å². The number of methoxy groups -OCH3 is 1. The van der Waals surface area contributed by atoms with Gasteiger partial charge in [0.05, 0.1) is 25.1 Å². The van der Waals surface area contributed by atoms with Gasteiger partial charge in [-0.05, 0) is 19.1 Å². The van der Waals surface area contributed by atoms with Gasteiger partial charge in [0, 0.05) is 49.8 Å². The molecule has 0 unspecified atom stereocenters. The number of rotatable bonds is 6. The van der Waals surface area contributed by atoms with E-state index in [0.29, 0.717) is 13.0 Å². The lowest BCUT2D eigenvalue weighted by molar-refractivity contribution is 0.137. The smallest absolute Gasteiger partial charge is 0.144 e. The number of likely N-dealkylation sites (tertiary alicyclic amines) is 1. The van der Waals surface area contributed by atoms with Crippen molar-refractivity contribution in [3.63, 3.8) is 0 Å². The van der Waals surface area contributed by atoms with E-state index in [1.807, 2.05) is 54.3 Å². The topological polar surface area (TPSA) is 76.5 Å². The molecule has 3 heterocycles.